The summed E-state index contributed by atoms with van der Waals surface area (Å²) in [6, 6.07) is 8.20. The van der Waals surface area contributed by atoms with Crippen molar-refractivity contribution in [3.8, 4) is 6.07 Å². The van der Waals surface area contributed by atoms with E-state index in [0.29, 0.717) is 17.5 Å². The van der Waals surface area contributed by atoms with E-state index in [4.69, 9.17) is 5.26 Å². The van der Waals surface area contributed by atoms with E-state index >= 15 is 0 Å². The highest BCUT2D eigenvalue weighted by molar-refractivity contribution is 5.95. The Morgan fingerprint density at radius 2 is 1.94 bits per heavy atom. The summed E-state index contributed by atoms with van der Waals surface area (Å²) < 4.78 is 0. The molecule has 1 rings (SSSR count). The molecular formula is C13H15NO3. The van der Waals surface area contributed by atoms with Crippen LogP contribution in [0.4, 0.5) is 0 Å². The molecule has 90 valence electrons. The molecule has 0 amide bonds. The molecule has 2 atom stereocenters. The van der Waals surface area contributed by atoms with E-state index in [2.05, 4.69) is 0 Å². The van der Waals surface area contributed by atoms with Crippen molar-refractivity contribution in [1.82, 2.24) is 0 Å². The lowest BCUT2D eigenvalue weighted by atomic mass is 10.00. The molecule has 0 aromatic heterocycles. The quantitative estimate of drug-likeness (QED) is 0.757. The van der Waals surface area contributed by atoms with Crippen LogP contribution in [-0.2, 0) is 0 Å². The van der Waals surface area contributed by atoms with Crippen LogP contribution >= 0.6 is 0 Å². The van der Waals surface area contributed by atoms with Crippen molar-refractivity contribution in [2.75, 3.05) is 0 Å². The Hall–Kier alpha value is -1.70. The van der Waals surface area contributed by atoms with Gasteiger partial charge in [0.15, 0.2) is 5.78 Å². The number of hydrogen-bond acceptors (Lipinski definition) is 4. The molecule has 2 N–H and O–H groups in total. The van der Waals surface area contributed by atoms with E-state index in [0.717, 1.165) is 0 Å². The SMILES string of the molecule is CCC(=O)c1ccc(C(O)C(O)CC#N)cc1. The second-order valence-corrected chi connectivity index (χ2v) is 3.77. The molecule has 0 saturated heterocycles. The van der Waals surface area contributed by atoms with Crippen molar-refractivity contribution in [3.05, 3.63) is 35.4 Å². The highest BCUT2D eigenvalue weighted by atomic mass is 16.3. The average molecular weight is 233 g/mol. The molecule has 2 unspecified atom stereocenters. The fourth-order valence-electron chi connectivity index (χ4n) is 1.50. The summed E-state index contributed by atoms with van der Waals surface area (Å²) in [4.78, 5) is 11.4. The molecular weight excluding hydrogens is 218 g/mol. The fraction of sp³-hybridized carbons (Fsp3) is 0.385. The van der Waals surface area contributed by atoms with Gasteiger partial charge in [-0.3, -0.25) is 4.79 Å². The predicted molar refractivity (Wildman–Crippen MR) is 62.3 cm³/mol. The van der Waals surface area contributed by atoms with Crippen molar-refractivity contribution in [2.24, 2.45) is 0 Å². The van der Waals surface area contributed by atoms with Crippen molar-refractivity contribution in [3.63, 3.8) is 0 Å². The van der Waals surface area contributed by atoms with Gasteiger partial charge < -0.3 is 10.2 Å². The second kappa shape index (κ2) is 6.14. The fourth-order valence-corrected chi connectivity index (χ4v) is 1.50. The maximum absolute atomic E-state index is 11.4. The van der Waals surface area contributed by atoms with E-state index in [-0.39, 0.29) is 12.2 Å². The first kappa shape index (κ1) is 13.4. The largest absolute Gasteiger partial charge is 0.389 e. The highest BCUT2D eigenvalue weighted by Gasteiger charge is 2.18. The Bertz CT molecular complexity index is 419. The highest BCUT2D eigenvalue weighted by Crippen LogP contribution is 2.19. The van der Waals surface area contributed by atoms with Crippen molar-refractivity contribution >= 4 is 5.78 Å². The summed E-state index contributed by atoms with van der Waals surface area (Å²) in [5.74, 6) is 0.0311. The van der Waals surface area contributed by atoms with Gasteiger partial charge in [0.25, 0.3) is 0 Å². The van der Waals surface area contributed by atoms with Gasteiger partial charge in [0, 0.05) is 12.0 Å². The smallest absolute Gasteiger partial charge is 0.162 e. The number of hydrogen-bond donors (Lipinski definition) is 2. The van der Waals surface area contributed by atoms with Crippen LogP contribution in [0.5, 0.6) is 0 Å². The van der Waals surface area contributed by atoms with Gasteiger partial charge in [0.2, 0.25) is 0 Å². The lowest BCUT2D eigenvalue weighted by molar-refractivity contribution is 0.0216. The van der Waals surface area contributed by atoms with Crippen molar-refractivity contribution < 1.29 is 15.0 Å². The van der Waals surface area contributed by atoms with Gasteiger partial charge in [-0.2, -0.15) is 5.26 Å². The summed E-state index contributed by atoms with van der Waals surface area (Å²) in [5, 5.41) is 27.6. The first-order valence-electron chi connectivity index (χ1n) is 5.46. The van der Waals surface area contributed by atoms with Crippen LogP contribution in [0.1, 0.15) is 41.8 Å². The molecule has 0 fully saturated rings. The Kier molecular flexibility index (Phi) is 4.83. The summed E-state index contributed by atoms with van der Waals surface area (Å²) >= 11 is 0. The van der Waals surface area contributed by atoms with Crippen LogP contribution in [0.2, 0.25) is 0 Å². The molecule has 0 saturated carbocycles. The maximum Gasteiger partial charge on any atom is 0.162 e. The summed E-state index contributed by atoms with van der Waals surface area (Å²) in [5.41, 5.74) is 1.08. The van der Waals surface area contributed by atoms with Gasteiger partial charge in [0.1, 0.15) is 6.10 Å². The zero-order chi connectivity index (χ0) is 12.8. The normalized spacial score (nSPS) is 13.8. The first-order chi connectivity index (χ1) is 8.10. The van der Waals surface area contributed by atoms with Crippen LogP contribution < -0.4 is 0 Å². The molecule has 17 heavy (non-hydrogen) atoms. The third-order valence-corrected chi connectivity index (χ3v) is 2.56. The topological polar surface area (TPSA) is 81.3 Å². The zero-order valence-corrected chi connectivity index (χ0v) is 9.63. The standard InChI is InChI=1S/C13H15NO3/c1-2-11(15)9-3-5-10(6-4-9)13(17)12(16)7-8-14/h3-6,12-13,16-17H,2,7H2,1H3. The van der Waals surface area contributed by atoms with Gasteiger partial charge in [-0.05, 0) is 5.56 Å². The van der Waals surface area contributed by atoms with Gasteiger partial charge in [-0.15, -0.1) is 0 Å². The molecule has 0 aliphatic carbocycles. The van der Waals surface area contributed by atoms with E-state index < -0.39 is 12.2 Å². The van der Waals surface area contributed by atoms with E-state index in [1.165, 1.54) is 0 Å². The Balaban J connectivity index is 2.81. The van der Waals surface area contributed by atoms with Crippen LogP contribution in [0.3, 0.4) is 0 Å². The molecule has 0 aliphatic heterocycles. The summed E-state index contributed by atoms with van der Waals surface area (Å²) in [7, 11) is 0. The van der Waals surface area contributed by atoms with Crippen molar-refractivity contribution in [1.29, 1.82) is 5.26 Å². The minimum atomic E-state index is -1.10. The van der Waals surface area contributed by atoms with E-state index in [9.17, 15) is 15.0 Å². The number of benzene rings is 1. The number of aliphatic hydroxyl groups excluding tert-OH is 2. The molecule has 4 nitrogen and oxygen atoms in total. The Labute approximate surface area is 100 Å². The van der Waals surface area contributed by atoms with Crippen LogP contribution in [-0.4, -0.2) is 22.1 Å². The number of nitrogens with zero attached hydrogens (tertiary/aromatic N) is 1. The van der Waals surface area contributed by atoms with E-state index in [1.807, 2.05) is 0 Å². The number of rotatable bonds is 5. The number of aliphatic hydroxyl groups is 2. The molecule has 4 heteroatoms. The monoisotopic (exact) mass is 233 g/mol. The number of nitriles is 1. The lowest BCUT2D eigenvalue weighted by Crippen LogP contribution is -2.17. The van der Waals surface area contributed by atoms with Gasteiger partial charge in [0.05, 0.1) is 18.6 Å². The Morgan fingerprint density at radius 3 is 2.41 bits per heavy atom. The van der Waals surface area contributed by atoms with Gasteiger partial charge in [-0.1, -0.05) is 31.2 Å². The molecule has 1 aromatic carbocycles. The molecule has 0 spiro atoms. The minimum Gasteiger partial charge on any atom is -0.389 e. The molecule has 0 heterocycles. The Morgan fingerprint density at radius 1 is 1.35 bits per heavy atom. The molecule has 0 aliphatic rings. The number of ketones is 1. The van der Waals surface area contributed by atoms with Crippen LogP contribution in [0.25, 0.3) is 0 Å². The lowest BCUT2D eigenvalue weighted by Gasteiger charge is -2.15. The second-order valence-electron chi connectivity index (χ2n) is 3.77. The van der Waals surface area contributed by atoms with Crippen LogP contribution in [0.15, 0.2) is 24.3 Å². The minimum absolute atomic E-state index is 0.0311. The van der Waals surface area contributed by atoms with Crippen LogP contribution in [0, 0.1) is 11.3 Å². The third-order valence-electron chi connectivity index (χ3n) is 2.56. The van der Waals surface area contributed by atoms with E-state index in [1.54, 1.807) is 37.3 Å². The average Bonchev–Trinajstić information content (AvgIpc) is 2.37. The predicted octanol–water partition coefficient (Wildman–Crippen LogP) is 1.59. The third kappa shape index (κ3) is 3.38. The van der Waals surface area contributed by atoms with Crippen molar-refractivity contribution in [2.45, 2.75) is 32.0 Å². The molecule has 1 aromatic rings. The van der Waals surface area contributed by atoms with Gasteiger partial charge in [-0.25, -0.2) is 0 Å². The molecule has 0 radical (unpaired) electrons. The number of carbonyl (C=O) groups is 1. The number of carbonyl (C=O) groups excluding carboxylic acids is 1. The maximum atomic E-state index is 11.4. The first-order valence-corrected chi connectivity index (χ1v) is 5.46. The molecule has 0 bridgehead atoms. The number of Topliss-reactive ketones (excluding diaryl/α,β-unsaturated/α-hetero) is 1. The van der Waals surface area contributed by atoms with Gasteiger partial charge >= 0.3 is 0 Å². The zero-order valence-electron chi connectivity index (χ0n) is 9.63. The summed E-state index contributed by atoms with van der Waals surface area (Å²) in [6.45, 7) is 1.78. The summed E-state index contributed by atoms with van der Waals surface area (Å²) in [6.07, 6.45) is -1.90.